The second-order valence-electron chi connectivity index (χ2n) is 8.25. The van der Waals surface area contributed by atoms with Crippen molar-refractivity contribution in [3.63, 3.8) is 0 Å². The Morgan fingerprint density at radius 2 is 2.07 bits per heavy atom. The zero-order valence-corrected chi connectivity index (χ0v) is 17.8. The molecular formula is C21H23F3N2O3S. The summed E-state index contributed by atoms with van der Waals surface area (Å²) in [4.78, 5) is 29.5. The summed E-state index contributed by atoms with van der Waals surface area (Å²) in [6.45, 7) is 7.26. The average Bonchev–Trinajstić information content (AvgIpc) is 3.31. The van der Waals surface area contributed by atoms with E-state index in [9.17, 15) is 22.8 Å². The second kappa shape index (κ2) is 8.47. The fourth-order valence-electron chi connectivity index (χ4n) is 3.12. The minimum atomic E-state index is -4.63. The number of alkyl halides is 3. The molecular weight excluding hydrogens is 417 g/mol. The smallest absolute Gasteiger partial charge is 0.376 e. The molecule has 0 spiro atoms. The van der Waals surface area contributed by atoms with Crippen molar-refractivity contribution < 1.29 is 27.5 Å². The Labute approximate surface area is 176 Å². The Kier molecular flexibility index (Phi) is 6.33. The number of aromatic nitrogens is 1. The molecule has 1 amide bonds. The molecule has 1 aliphatic rings. The first-order valence-corrected chi connectivity index (χ1v) is 10.4. The van der Waals surface area contributed by atoms with Gasteiger partial charge in [-0.2, -0.15) is 18.2 Å². The van der Waals surface area contributed by atoms with E-state index in [-0.39, 0.29) is 22.6 Å². The molecule has 9 heteroatoms. The van der Waals surface area contributed by atoms with Crippen molar-refractivity contribution >= 4 is 23.5 Å². The maximum atomic E-state index is 13.1. The average molecular weight is 440 g/mol. The highest BCUT2D eigenvalue weighted by molar-refractivity contribution is 7.09. The Morgan fingerprint density at radius 1 is 1.33 bits per heavy atom. The Hall–Kier alpha value is -2.26. The van der Waals surface area contributed by atoms with Crippen molar-refractivity contribution in [2.24, 2.45) is 4.99 Å². The van der Waals surface area contributed by atoms with Gasteiger partial charge in [0.05, 0.1) is 23.8 Å². The zero-order chi connectivity index (χ0) is 22.1. The van der Waals surface area contributed by atoms with Crippen LogP contribution in [0.15, 0.2) is 29.4 Å². The van der Waals surface area contributed by atoms with Crippen molar-refractivity contribution in [3.05, 3.63) is 50.8 Å². The van der Waals surface area contributed by atoms with Gasteiger partial charge < -0.3 is 9.30 Å². The Bertz CT molecular complexity index is 1010. The van der Waals surface area contributed by atoms with Crippen molar-refractivity contribution in [2.75, 3.05) is 6.61 Å². The van der Waals surface area contributed by atoms with E-state index < -0.39 is 17.6 Å². The summed E-state index contributed by atoms with van der Waals surface area (Å²) in [6.07, 6.45) is -0.508. The number of hydrogen-bond acceptors (Lipinski definition) is 4. The van der Waals surface area contributed by atoms with Crippen LogP contribution in [0.5, 0.6) is 0 Å². The SMILES string of the molecule is CC(C)(C)c1cn(C[C@H]2CCCO2)c(=NC(=O)c2cc(C(F)(F)F)ccc2C=O)s1. The molecule has 2 aromatic rings. The van der Waals surface area contributed by atoms with E-state index in [2.05, 4.69) is 4.99 Å². The van der Waals surface area contributed by atoms with Crippen LogP contribution in [0.25, 0.3) is 0 Å². The number of thiazole rings is 1. The highest BCUT2D eigenvalue weighted by atomic mass is 32.1. The van der Waals surface area contributed by atoms with Gasteiger partial charge in [0, 0.05) is 23.2 Å². The summed E-state index contributed by atoms with van der Waals surface area (Å²) in [6, 6.07) is 2.45. The molecule has 0 radical (unpaired) electrons. The number of carbonyl (C=O) groups is 2. The van der Waals surface area contributed by atoms with Gasteiger partial charge in [-0.25, -0.2) is 0 Å². The maximum absolute atomic E-state index is 13.1. The van der Waals surface area contributed by atoms with Crippen LogP contribution in [0.3, 0.4) is 0 Å². The summed E-state index contributed by atoms with van der Waals surface area (Å²) in [5, 5.41) is 0. The number of aldehydes is 1. The normalized spacial score (nSPS) is 18.1. The highest BCUT2D eigenvalue weighted by Crippen LogP contribution is 2.31. The number of benzene rings is 1. The molecule has 0 aliphatic carbocycles. The molecule has 1 aliphatic heterocycles. The molecule has 1 aromatic heterocycles. The molecule has 0 saturated carbocycles. The van der Waals surface area contributed by atoms with Gasteiger partial charge in [0.2, 0.25) is 0 Å². The van der Waals surface area contributed by atoms with Gasteiger partial charge in [0.25, 0.3) is 5.91 Å². The molecule has 2 heterocycles. The summed E-state index contributed by atoms with van der Waals surface area (Å²) in [7, 11) is 0. The number of halogens is 3. The maximum Gasteiger partial charge on any atom is 0.416 e. The van der Waals surface area contributed by atoms with Crippen molar-refractivity contribution in [3.8, 4) is 0 Å². The van der Waals surface area contributed by atoms with Crippen LogP contribution in [0.1, 0.15) is 64.8 Å². The van der Waals surface area contributed by atoms with Crippen LogP contribution >= 0.6 is 11.3 Å². The molecule has 0 unspecified atom stereocenters. The third-order valence-corrected chi connectivity index (χ3v) is 6.26. The molecule has 0 bridgehead atoms. The second-order valence-corrected chi connectivity index (χ2v) is 9.26. The lowest BCUT2D eigenvalue weighted by atomic mass is 9.95. The standard InChI is InChI=1S/C21H23F3N2O3S/c1-20(2,3)17-11-26(10-15-5-4-8-29-15)19(30-17)25-18(28)16-9-14(21(22,23)24)7-6-13(16)12-27/h6-7,9,11-12,15H,4-5,8,10H2,1-3H3/t15-/m1/s1. The summed E-state index contributed by atoms with van der Waals surface area (Å²) in [5.41, 5.74) is -1.69. The van der Waals surface area contributed by atoms with Gasteiger partial charge in [0.15, 0.2) is 11.1 Å². The van der Waals surface area contributed by atoms with Gasteiger partial charge in [-0.05, 0) is 30.4 Å². The number of ether oxygens (including phenoxy) is 1. The zero-order valence-electron chi connectivity index (χ0n) is 17.0. The number of nitrogens with zero attached hydrogens (tertiary/aromatic N) is 2. The molecule has 1 fully saturated rings. The molecule has 162 valence electrons. The van der Waals surface area contributed by atoms with Crippen LogP contribution in [0.4, 0.5) is 13.2 Å². The molecule has 1 aromatic carbocycles. The molecule has 0 N–H and O–H groups in total. The van der Waals surface area contributed by atoms with E-state index in [0.717, 1.165) is 29.9 Å². The third kappa shape index (κ3) is 5.07. The number of amides is 1. The quantitative estimate of drug-likeness (QED) is 0.653. The monoisotopic (exact) mass is 440 g/mol. The number of hydrogen-bond donors (Lipinski definition) is 0. The Morgan fingerprint density at radius 3 is 2.63 bits per heavy atom. The largest absolute Gasteiger partial charge is 0.416 e. The van der Waals surface area contributed by atoms with Gasteiger partial charge in [-0.1, -0.05) is 26.8 Å². The van der Waals surface area contributed by atoms with Crippen molar-refractivity contribution in [1.82, 2.24) is 4.57 Å². The summed E-state index contributed by atoms with van der Waals surface area (Å²) >= 11 is 1.31. The van der Waals surface area contributed by atoms with E-state index in [1.165, 1.54) is 11.3 Å². The molecule has 1 atom stereocenters. The van der Waals surface area contributed by atoms with Crippen molar-refractivity contribution in [2.45, 2.75) is 57.9 Å². The first-order valence-electron chi connectivity index (χ1n) is 9.57. The lowest BCUT2D eigenvalue weighted by Gasteiger charge is -2.15. The lowest BCUT2D eigenvalue weighted by molar-refractivity contribution is -0.137. The van der Waals surface area contributed by atoms with Crippen LogP contribution in [0.2, 0.25) is 0 Å². The van der Waals surface area contributed by atoms with E-state index in [1.807, 2.05) is 31.5 Å². The fourth-order valence-corrected chi connectivity index (χ4v) is 4.18. The van der Waals surface area contributed by atoms with Crippen LogP contribution in [-0.4, -0.2) is 29.5 Å². The highest BCUT2D eigenvalue weighted by Gasteiger charge is 2.32. The Balaban J connectivity index is 2.06. The van der Waals surface area contributed by atoms with Crippen LogP contribution in [-0.2, 0) is 22.9 Å². The predicted octanol–water partition coefficient (Wildman–Crippen LogP) is 4.60. The minimum Gasteiger partial charge on any atom is -0.376 e. The number of rotatable bonds is 4. The first-order chi connectivity index (χ1) is 14.0. The third-order valence-electron chi connectivity index (χ3n) is 4.82. The predicted molar refractivity (Wildman–Crippen MR) is 107 cm³/mol. The van der Waals surface area contributed by atoms with Gasteiger partial charge in [-0.3, -0.25) is 9.59 Å². The van der Waals surface area contributed by atoms with Crippen molar-refractivity contribution in [1.29, 1.82) is 0 Å². The molecule has 3 rings (SSSR count). The minimum absolute atomic E-state index is 0.000522. The van der Waals surface area contributed by atoms with Crippen LogP contribution < -0.4 is 4.80 Å². The first kappa shape index (κ1) is 22.4. The van der Waals surface area contributed by atoms with E-state index in [1.54, 1.807) is 0 Å². The molecule has 5 nitrogen and oxygen atoms in total. The van der Waals surface area contributed by atoms with E-state index in [4.69, 9.17) is 4.74 Å². The fraction of sp³-hybridized carbons (Fsp3) is 0.476. The molecule has 30 heavy (non-hydrogen) atoms. The lowest BCUT2D eigenvalue weighted by Crippen LogP contribution is -2.23. The van der Waals surface area contributed by atoms with Gasteiger partial charge in [0.1, 0.15) is 0 Å². The summed E-state index contributed by atoms with van der Waals surface area (Å²) < 4.78 is 46.7. The molecule has 1 saturated heterocycles. The van der Waals surface area contributed by atoms with E-state index in [0.29, 0.717) is 30.3 Å². The van der Waals surface area contributed by atoms with E-state index >= 15 is 0 Å². The van der Waals surface area contributed by atoms with Crippen LogP contribution in [0, 0.1) is 0 Å². The van der Waals surface area contributed by atoms with Gasteiger partial charge in [-0.15, -0.1) is 11.3 Å². The topological polar surface area (TPSA) is 60.7 Å². The van der Waals surface area contributed by atoms with Gasteiger partial charge >= 0.3 is 6.18 Å². The number of carbonyl (C=O) groups excluding carboxylic acids is 2. The summed E-state index contributed by atoms with van der Waals surface area (Å²) in [5.74, 6) is -0.883.